The zero-order valence-corrected chi connectivity index (χ0v) is 18.3. The number of nitrogens with one attached hydrogen (secondary N) is 2. The van der Waals surface area contributed by atoms with Gasteiger partial charge in [-0.2, -0.15) is 0 Å². The van der Waals surface area contributed by atoms with Gasteiger partial charge >= 0.3 is 0 Å². The van der Waals surface area contributed by atoms with E-state index in [1.165, 1.54) is 24.3 Å². The van der Waals surface area contributed by atoms with E-state index in [-0.39, 0.29) is 35.5 Å². The lowest BCUT2D eigenvalue weighted by Gasteiger charge is -2.22. The molecule has 172 valence electrons. The summed E-state index contributed by atoms with van der Waals surface area (Å²) in [7, 11) is 0. The number of non-ortho nitro benzene ring substituents is 1. The van der Waals surface area contributed by atoms with E-state index < -0.39 is 28.8 Å². The van der Waals surface area contributed by atoms with E-state index >= 15 is 0 Å². The van der Waals surface area contributed by atoms with Crippen LogP contribution in [-0.4, -0.2) is 47.6 Å². The van der Waals surface area contributed by atoms with Crippen LogP contribution in [0.3, 0.4) is 0 Å². The van der Waals surface area contributed by atoms with Gasteiger partial charge in [0.2, 0.25) is 5.91 Å². The first kappa shape index (κ1) is 27.8. The Balaban J connectivity index is 0.00000900. The molecule has 2 amide bonds. The Hall–Kier alpha value is -3.21. The van der Waals surface area contributed by atoms with Crippen molar-refractivity contribution in [3.63, 3.8) is 0 Å². The van der Waals surface area contributed by atoms with Crippen molar-refractivity contribution in [1.29, 1.82) is 0 Å². The number of nitrogens with two attached hydrogens (primary N) is 2. The van der Waals surface area contributed by atoms with Gasteiger partial charge in [0.25, 0.3) is 11.6 Å². The predicted molar refractivity (Wildman–Crippen MR) is 119 cm³/mol. The number of aldehydes is 1. The number of benzene rings is 1. The van der Waals surface area contributed by atoms with E-state index in [4.69, 9.17) is 11.5 Å². The molecule has 1 aromatic rings. The summed E-state index contributed by atoms with van der Waals surface area (Å²) in [6.45, 7) is 4.12. The highest BCUT2D eigenvalue weighted by Gasteiger charge is 2.24. The number of nitro groups is 1. The second-order valence-corrected chi connectivity index (χ2v) is 7.16. The number of nitro benzene ring substituents is 1. The fourth-order valence-corrected chi connectivity index (χ4v) is 2.66. The number of carbonyl (C=O) groups is 3. The number of aliphatic imine (C=N–C) groups is 1. The van der Waals surface area contributed by atoms with E-state index in [0.29, 0.717) is 32.1 Å². The van der Waals surface area contributed by atoms with Crippen LogP contribution in [0.2, 0.25) is 0 Å². The number of amides is 2. The third-order valence-electron chi connectivity index (χ3n) is 4.13. The highest BCUT2D eigenvalue weighted by Crippen LogP contribution is 2.13. The number of nitrogens with zero attached hydrogens (tertiary/aromatic N) is 2. The summed E-state index contributed by atoms with van der Waals surface area (Å²) in [5, 5.41) is 16.0. The van der Waals surface area contributed by atoms with Crippen LogP contribution in [0.1, 0.15) is 43.5 Å². The molecule has 0 saturated carbocycles. The first-order valence-corrected chi connectivity index (χ1v) is 9.50. The third-order valence-corrected chi connectivity index (χ3v) is 4.13. The van der Waals surface area contributed by atoms with Crippen molar-refractivity contribution in [2.75, 3.05) is 6.54 Å². The van der Waals surface area contributed by atoms with Crippen molar-refractivity contribution in [2.45, 2.75) is 45.2 Å². The molecule has 31 heavy (non-hydrogen) atoms. The number of hydrogen-bond donors (Lipinski definition) is 4. The average Bonchev–Trinajstić information content (AvgIpc) is 2.69. The summed E-state index contributed by atoms with van der Waals surface area (Å²) in [4.78, 5) is 50.4. The molecule has 0 heterocycles. The summed E-state index contributed by atoms with van der Waals surface area (Å²) in [5.41, 5.74) is 10.5. The summed E-state index contributed by atoms with van der Waals surface area (Å²) in [6, 6.07) is 3.45. The van der Waals surface area contributed by atoms with Crippen molar-refractivity contribution in [3.8, 4) is 0 Å². The number of hydrogen-bond acceptors (Lipinski definition) is 6. The summed E-state index contributed by atoms with van der Waals surface area (Å²) < 4.78 is 0. The summed E-state index contributed by atoms with van der Waals surface area (Å²) in [5.74, 6) is -0.985. The van der Waals surface area contributed by atoms with Crippen LogP contribution in [0.15, 0.2) is 29.3 Å². The molecule has 0 aromatic heterocycles. The zero-order valence-electron chi connectivity index (χ0n) is 17.4. The third kappa shape index (κ3) is 10.4. The van der Waals surface area contributed by atoms with Crippen molar-refractivity contribution < 1.29 is 19.3 Å². The van der Waals surface area contributed by atoms with Crippen molar-refractivity contribution in [3.05, 3.63) is 39.9 Å². The molecule has 0 fully saturated rings. The quantitative estimate of drug-likeness (QED) is 0.0898. The molecule has 11 nitrogen and oxygen atoms in total. The molecule has 0 saturated heterocycles. The van der Waals surface area contributed by atoms with Crippen molar-refractivity contribution >= 4 is 42.2 Å². The van der Waals surface area contributed by atoms with Gasteiger partial charge in [0.05, 0.1) is 11.0 Å². The van der Waals surface area contributed by atoms with Crippen LogP contribution >= 0.6 is 12.4 Å². The van der Waals surface area contributed by atoms with E-state index in [1.807, 2.05) is 13.8 Å². The maximum absolute atomic E-state index is 12.7. The molecule has 12 heteroatoms. The molecular formula is C19H29ClN6O5. The molecule has 0 spiro atoms. The molecule has 0 unspecified atom stereocenters. The van der Waals surface area contributed by atoms with Gasteiger partial charge in [0.1, 0.15) is 12.3 Å². The van der Waals surface area contributed by atoms with Gasteiger partial charge in [-0.05, 0) is 37.3 Å². The van der Waals surface area contributed by atoms with Crippen LogP contribution in [0.25, 0.3) is 0 Å². The standard InChI is InChI=1S/C19H28N6O5.ClH/c1-12(2)10-16(18(28)23-14(11-26)4-3-9-22-19(20)21)24-17(27)13-5-7-15(8-6-13)25(29)30;/h5-8,11-12,14,16H,3-4,9-10H2,1-2H3,(H,23,28)(H,24,27)(H4,20,21,22);1H/t14-,16-;/m0./s1. The summed E-state index contributed by atoms with van der Waals surface area (Å²) >= 11 is 0. The van der Waals surface area contributed by atoms with Crippen LogP contribution in [0.4, 0.5) is 5.69 Å². The van der Waals surface area contributed by atoms with Gasteiger partial charge in [-0.3, -0.25) is 24.7 Å². The zero-order chi connectivity index (χ0) is 22.7. The molecule has 0 aliphatic carbocycles. The molecule has 0 aliphatic heterocycles. The first-order valence-electron chi connectivity index (χ1n) is 9.50. The van der Waals surface area contributed by atoms with Gasteiger partial charge in [0.15, 0.2) is 5.96 Å². The van der Waals surface area contributed by atoms with Crippen LogP contribution in [0, 0.1) is 16.0 Å². The fourth-order valence-electron chi connectivity index (χ4n) is 2.66. The topological polar surface area (TPSA) is 183 Å². The second kappa shape index (κ2) is 13.9. The Morgan fingerprint density at radius 3 is 2.29 bits per heavy atom. The molecule has 6 N–H and O–H groups in total. The Morgan fingerprint density at radius 2 is 1.81 bits per heavy atom. The van der Waals surface area contributed by atoms with Crippen molar-refractivity contribution in [1.82, 2.24) is 10.6 Å². The number of guanidine groups is 1. The molecule has 0 radical (unpaired) electrons. The Bertz CT molecular complexity index is 780. The maximum atomic E-state index is 12.7. The van der Waals surface area contributed by atoms with E-state index in [1.54, 1.807) is 0 Å². The predicted octanol–water partition coefficient (Wildman–Crippen LogP) is 0.898. The second-order valence-electron chi connectivity index (χ2n) is 7.16. The van der Waals surface area contributed by atoms with Gasteiger partial charge in [0, 0.05) is 24.2 Å². The number of halogens is 1. The molecule has 1 aromatic carbocycles. The Kier molecular flexibility index (Phi) is 12.5. The average molecular weight is 457 g/mol. The van der Waals surface area contributed by atoms with E-state index in [0.717, 1.165) is 0 Å². The minimum Gasteiger partial charge on any atom is -0.370 e. The lowest BCUT2D eigenvalue weighted by molar-refractivity contribution is -0.384. The molecule has 0 bridgehead atoms. The fraction of sp³-hybridized carbons (Fsp3) is 0.474. The minimum atomic E-state index is -0.868. The highest BCUT2D eigenvalue weighted by molar-refractivity contribution is 5.98. The largest absolute Gasteiger partial charge is 0.370 e. The SMILES string of the molecule is CC(C)C[C@H](NC(=O)c1ccc([N+](=O)[O-])cc1)C(=O)N[C@H](C=O)CCCN=C(N)N.Cl. The number of carbonyl (C=O) groups excluding carboxylic acids is 3. The molecule has 0 aliphatic rings. The molecule has 1 rings (SSSR count). The minimum absolute atomic E-state index is 0. The summed E-state index contributed by atoms with van der Waals surface area (Å²) in [6.07, 6.45) is 1.81. The highest BCUT2D eigenvalue weighted by atomic mass is 35.5. The van der Waals surface area contributed by atoms with E-state index in [9.17, 15) is 24.5 Å². The van der Waals surface area contributed by atoms with Crippen LogP contribution in [0.5, 0.6) is 0 Å². The number of rotatable bonds is 12. The lowest BCUT2D eigenvalue weighted by Crippen LogP contribution is -2.50. The lowest BCUT2D eigenvalue weighted by atomic mass is 10.0. The van der Waals surface area contributed by atoms with Gasteiger partial charge < -0.3 is 26.9 Å². The van der Waals surface area contributed by atoms with Gasteiger partial charge in [-0.1, -0.05) is 13.8 Å². The molecular weight excluding hydrogens is 428 g/mol. The maximum Gasteiger partial charge on any atom is 0.269 e. The Morgan fingerprint density at radius 1 is 1.19 bits per heavy atom. The Labute approximate surface area is 186 Å². The monoisotopic (exact) mass is 456 g/mol. The smallest absolute Gasteiger partial charge is 0.269 e. The first-order chi connectivity index (χ1) is 14.1. The van der Waals surface area contributed by atoms with Crippen LogP contribution < -0.4 is 22.1 Å². The van der Waals surface area contributed by atoms with Crippen LogP contribution in [-0.2, 0) is 9.59 Å². The van der Waals surface area contributed by atoms with Gasteiger partial charge in [-0.15, -0.1) is 12.4 Å². The normalized spacial score (nSPS) is 12.1. The molecule has 2 atom stereocenters. The van der Waals surface area contributed by atoms with Crippen molar-refractivity contribution in [2.24, 2.45) is 22.4 Å². The van der Waals surface area contributed by atoms with E-state index in [2.05, 4.69) is 15.6 Å². The van der Waals surface area contributed by atoms with Gasteiger partial charge in [-0.25, -0.2) is 0 Å².